The number of aryl methyl sites for hydroxylation is 1. The second-order valence-corrected chi connectivity index (χ2v) is 14.2. The van der Waals surface area contributed by atoms with E-state index >= 15 is 0 Å². The van der Waals surface area contributed by atoms with Gasteiger partial charge in [-0.05, 0) is 47.2 Å². The summed E-state index contributed by atoms with van der Waals surface area (Å²) in [6.07, 6.45) is 3.93. The number of aromatic amines is 1. The molecule has 9 aromatic rings. The number of hydrogen-bond donors (Lipinski definition) is 2. The van der Waals surface area contributed by atoms with E-state index in [-0.39, 0.29) is 11.1 Å². The van der Waals surface area contributed by atoms with Crippen molar-refractivity contribution in [3.05, 3.63) is 215 Å². The quantitative estimate of drug-likeness (QED) is 0.107. The molecule has 0 aliphatic heterocycles. The summed E-state index contributed by atoms with van der Waals surface area (Å²) in [5.74, 6) is -1.71. The highest BCUT2D eigenvalue weighted by molar-refractivity contribution is 5.97. The van der Waals surface area contributed by atoms with Crippen LogP contribution in [0.25, 0.3) is 28.2 Å². The number of carboxylic acid groups (broad SMARTS) is 2. The molecule has 0 bridgehead atoms. The first-order valence-corrected chi connectivity index (χ1v) is 19.4. The van der Waals surface area contributed by atoms with E-state index in [0.717, 1.165) is 44.9 Å². The van der Waals surface area contributed by atoms with Crippen LogP contribution in [-0.4, -0.2) is 52.0 Å². The lowest BCUT2D eigenvalue weighted by molar-refractivity contribution is -0.779. The summed E-state index contributed by atoms with van der Waals surface area (Å²) >= 11 is 0. The van der Waals surface area contributed by atoms with Gasteiger partial charge in [-0.3, -0.25) is 0 Å². The monoisotopic (exact) mass is 792 g/mol. The normalized spacial score (nSPS) is 11.2. The van der Waals surface area contributed by atoms with Gasteiger partial charge in [-0.25, -0.2) is 4.79 Å². The number of hydrogen-bond acceptors (Lipinski definition) is 7. The molecule has 0 saturated heterocycles. The van der Waals surface area contributed by atoms with E-state index in [4.69, 9.17) is 10.2 Å². The molecule has 296 valence electrons. The summed E-state index contributed by atoms with van der Waals surface area (Å²) in [4.78, 5) is 21.7. The van der Waals surface area contributed by atoms with Gasteiger partial charge in [0.2, 0.25) is 0 Å². The highest BCUT2D eigenvalue weighted by Crippen LogP contribution is 2.38. The molecular weight excluding hydrogens is 753 g/mol. The van der Waals surface area contributed by atoms with Gasteiger partial charge >= 0.3 is 11.8 Å². The average molecular weight is 793 g/mol. The smallest absolute Gasteiger partial charge is 0.336 e. The number of carboxylic acids is 2. The zero-order valence-electron chi connectivity index (χ0n) is 32.9. The molecule has 12 heteroatoms. The first kappa shape index (κ1) is 38.9. The summed E-state index contributed by atoms with van der Waals surface area (Å²) in [5, 5.41) is 40.8. The number of H-pyrrole nitrogens is 1. The third-order valence-corrected chi connectivity index (χ3v) is 10.7. The van der Waals surface area contributed by atoms with Crippen molar-refractivity contribution in [2.45, 2.75) is 32.4 Å². The molecule has 0 radical (unpaired) electrons. The van der Waals surface area contributed by atoms with Crippen molar-refractivity contribution in [2.75, 3.05) is 0 Å². The first-order valence-electron chi connectivity index (χ1n) is 19.4. The zero-order chi connectivity index (χ0) is 41.6. The second kappa shape index (κ2) is 16.9. The number of benzene rings is 6. The van der Waals surface area contributed by atoms with Crippen molar-refractivity contribution in [2.24, 2.45) is 0 Å². The van der Waals surface area contributed by atoms with Crippen LogP contribution in [0.3, 0.4) is 0 Å². The lowest BCUT2D eigenvalue weighted by Gasteiger charge is -2.33. The summed E-state index contributed by atoms with van der Waals surface area (Å²) in [5.41, 5.74) is 8.67. The Morgan fingerprint density at radius 1 is 0.733 bits per heavy atom. The Labute approximate surface area is 345 Å². The fourth-order valence-electron chi connectivity index (χ4n) is 7.96. The fourth-order valence-corrected chi connectivity index (χ4v) is 7.96. The summed E-state index contributed by atoms with van der Waals surface area (Å²) in [7, 11) is 0. The van der Waals surface area contributed by atoms with E-state index in [1.54, 1.807) is 24.7 Å². The number of fused-ring (bicyclic) bond motifs is 1. The van der Waals surface area contributed by atoms with Crippen LogP contribution in [0.1, 0.15) is 61.0 Å². The first-order chi connectivity index (χ1) is 29.3. The van der Waals surface area contributed by atoms with Gasteiger partial charge in [0.25, 0.3) is 0 Å². The van der Waals surface area contributed by atoms with E-state index < -0.39 is 17.5 Å². The molecule has 0 amide bonds. The van der Waals surface area contributed by atoms with Gasteiger partial charge in [-0.2, -0.15) is 5.10 Å². The molecule has 0 spiro atoms. The predicted molar refractivity (Wildman–Crippen MR) is 224 cm³/mol. The fraction of sp³-hybridized carbons (Fsp3) is 0.104. The number of rotatable bonds is 11. The molecule has 0 unspecified atom stereocenters. The Bertz CT molecular complexity index is 2810. The van der Waals surface area contributed by atoms with Crippen LogP contribution in [0, 0.1) is 6.92 Å². The van der Waals surface area contributed by atoms with E-state index in [2.05, 4.69) is 151 Å². The predicted octanol–water partition coefficient (Wildman–Crippen LogP) is 6.78. The zero-order valence-corrected chi connectivity index (χ0v) is 32.9. The van der Waals surface area contributed by atoms with Crippen molar-refractivity contribution in [1.82, 2.24) is 34.9 Å². The maximum absolute atomic E-state index is 11.0. The Hall–Kier alpha value is -7.99. The molecular formula is C48H40N8O4. The van der Waals surface area contributed by atoms with Crippen molar-refractivity contribution < 1.29 is 24.5 Å². The molecule has 0 fully saturated rings. The topological polar surface area (TPSA) is 158 Å². The molecule has 12 nitrogen and oxygen atoms in total. The molecule has 6 aromatic carbocycles. The van der Waals surface area contributed by atoms with E-state index in [9.17, 15) is 14.7 Å². The van der Waals surface area contributed by atoms with Crippen LogP contribution in [0.15, 0.2) is 170 Å². The maximum atomic E-state index is 11.0. The minimum atomic E-state index is -1.34. The number of nitrogens with one attached hydrogen (secondary N) is 1. The largest absolute Gasteiger partial charge is 0.545 e. The van der Waals surface area contributed by atoms with Crippen molar-refractivity contribution in [3.8, 4) is 22.5 Å². The molecule has 2 N–H and O–H groups in total. The molecule has 3 heterocycles. The molecule has 0 atom stereocenters. The van der Waals surface area contributed by atoms with Crippen molar-refractivity contribution in [3.63, 3.8) is 0 Å². The second-order valence-electron chi connectivity index (χ2n) is 14.2. The summed E-state index contributed by atoms with van der Waals surface area (Å²) < 4.78 is 5.83. The van der Waals surface area contributed by atoms with Gasteiger partial charge in [0.15, 0.2) is 16.4 Å². The third kappa shape index (κ3) is 7.22. The average Bonchev–Trinajstić information content (AvgIpc) is 4.05. The van der Waals surface area contributed by atoms with Gasteiger partial charge < -0.3 is 19.6 Å². The number of aromatic nitrogens is 8. The number of carbonyl (C=O) groups is 2. The van der Waals surface area contributed by atoms with E-state index in [1.165, 1.54) is 17.7 Å². The number of tetrazole rings is 1. The molecule has 3 aromatic heterocycles. The summed E-state index contributed by atoms with van der Waals surface area (Å²) in [6.45, 7) is 4.06. The van der Waals surface area contributed by atoms with E-state index in [0.29, 0.717) is 24.1 Å². The standard InChI is InChI=1S/C37H28N8.C11H12O4/c1-4-12-30(13-5-1)37(31-14-6-2-7-15-31,32-16-8-3-9-17-32)44-36(40-41-42-44)34-19-11-10-18-33(34)29-22-20-28(21-23-29)26-43-27-39-45-35(43)24-25-38-45;1-3-7-8(10(12)13)5-4-6(2)9(7)11(14)15/h1-25,27H,26H2;4-5H,3H2,1-2H3,(H,12,13)(H,14,15). The van der Waals surface area contributed by atoms with Gasteiger partial charge in [0.05, 0.1) is 29.8 Å². The summed E-state index contributed by atoms with van der Waals surface area (Å²) in [6, 6.07) is 53.5. The van der Waals surface area contributed by atoms with Gasteiger partial charge in [0, 0.05) is 28.3 Å². The molecule has 0 aliphatic rings. The van der Waals surface area contributed by atoms with Crippen molar-refractivity contribution >= 4 is 17.6 Å². The van der Waals surface area contributed by atoms with Crippen LogP contribution in [0.5, 0.6) is 0 Å². The van der Waals surface area contributed by atoms with Gasteiger partial charge in [-0.15, -0.1) is 14.4 Å². The number of aromatic carboxylic acids is 2. The number of nitrogens with zero attached hydrogens (tertiary/aromatic N) is 7. The lowest BCUT2D eigenvalue weighted by atomic mass is 9.77. The minimum Gasteiger partial charge on any atom is -0.545 e. The highest BCUT2D eigenvalue weighted by atomic mass is 16.4. The van der Waals surface area contributed by atoms with E-state index in [1.807, 2.05) is 30.6 Å². The number of carbonyl (C=O) groups excluding carboxylic acids is 1. The molecule has 60 heavy (non-hydrogen) atoms. The van der Waals surface area contributed by atoms with Crippen LogP contribution in [0.2, 0.25) is 0 Å². The van der Waals surface area contributed by atoms with Gasteiger partial charge in [0.1, 0.15) is 11.4 Å². The lowest BCUT2D eigenvalue weighted by Crippen LogP contribution is -2.61. The van der Waals surface area contributed by atoms with Crippen molar-refractivity contribution in [1.29, 1.82) is 0 Å². The maximum Gasteiger partial charge on any atom is 0.336 e. The Balaban J connectivity index is 0.000000283. The van der Waals surface area contributed by atoms with Crippen LogP contribution >= 0.6 is 0 Å². The SMILES string of the molecule is CCc1c(C(=O)[O-])ccc(C)c1C(=O)O.c1ccc(C(c2ccccc2)(c2ccccc2)[n+]2[nH]nnc2-c2ccccc2-c2ccc(Cn3cnn4nccc34)cc2)cc1. The van der Waals surface area contributed by atoms with Crippen LogP contribution in [0.4, 0.5) is 0 Å². The van der Waals surface area contributed by atoms with Crippen LogP contribution in [-0.2, 0) is 18.5 Å². The highest BCUT2D eigenvalue weighted by Gasteiger charge is 2.46. The molecule has 0 saturated carbocycles. The van der Waals surface area contributed by atoms with Crippen LogP contribution < -0.4 is 9.79 Å². The van der Waals surface area contributed by atoms with Gasteiger partial charge in [-0.1, -0.05) is 158 Å². The minimum absolute atomic E-state index is 0.0412. The molecule has 9 rings (SSSR count). The Kier molecular flexibility index (Phi) is 10.9. The Morgan fingerprint density at radius 2 is 1.32 bits per heavy atom. The third-order valence-electron chi connectivity index (χ3n) is 10.7. The molecule has 0 aliphatic carbocycles. The Morgan fingerprint density at radius 3 is 1.88 bits per heavy atom.